The number of halogens is 1. The van der Waals surface area contributed by atoms with Crippen LogP contribution in [0.2, 0.25) is 0 Å². The third-order valence-corrected chi connectivity index (χ3v) is 6.09. The van der Waals surface area contributed by atoms with E-state index >= 15 is 0 Å². The summed E-state index contributed by atoms with van der Waals surface area (Å²) in [5.41, 5.74) is 3.34. The highest BCUT2D eigenvalue weighted by atomic mass is 32.2. The number of nitriles is 2. The molecule has 0 saturated heterocycles. The Bertz CT molecular complexity index is 921. The summed E-state index contributed by atoms with van der Waals surface area (Å²) >= 11 is 2.89. The number of rotatable bonds is 6. The lowest BCUT2D eigenvalue weighted by Crippen LogP contribution is -1.89. The van der Waals surface area contributed by atoms with E-state index in [1.54, 1.807) is 36.4 Å². The molecule has 0 saturated carbocycles. The van der Waals surface area contributed by atoms with Gasteiger partial charge in [-0.05, 0) is 47.5 Å². The summed E-state index contributed by atoms with van der Waals surface area (Å²) < 4.78 is 14.8. The summed E-state index contributed by atoms with van der Waals surface area (Å²) in [6, 6.07) is 24.3. The fourth-order valence-electron chi connectivity index (χ4n) is 2.39. The van der Waals surface area contributed by atoms with Crippen LogP contribution in [0.25, 0.3) is 0 Å². The van der Waals surface area contributed by atoms with Crippen LogP contribution in [-0.2, 0) is 11.5 Å². The van der Waals surface area contributed by atoms with Gasteiger partial charge in [0.25, 0.3) is 0 Å². The smallest absolute Gasteiger partial charge is 0.150 e. The largest absolute Gasteiger partial charge is 0.205 e. The molecule has 0 bridgehead atoms. The number of nitrogens with zero attached hydrogens (tertiary/aromatic N) is 2. The van der Waals surface area contributed by atoms with Crippen LogP contribution in [0, 0.1) is 28.5 Å². The molecule has 0 aliphatic rings. The highest BCUT2D eigenvalue weighted by Crippen LogP contribution is 2.33. The first-order valence-corrected chi connectivity index (χ1v) is 10.2. The van der Waals surface area contributed by atoms with Gasteiger partial charge in [0.1, 0.15) is 5.82 Å². The number of thioether (sulfide) groups is 2. The van der Waals surface area contributed by atoms with Crippen molar-refractivity contribution in [3.8, 4) is 12.1 Å². The molecular weight excluding hydrogens is 375 g/mol. The van der Waals surface area contributed by atoms with Crippen molar-refractivity contribution in [3.05, 3.63) is 94.8 Å². The van der Waals surface area contributed by atoms with E-state index in [-0.39, 0.29) is 5.82 Å². The second kappa shape index (κ2) is 9.28. The lowest BCUT2D eigenvalue weighted by Gasteiger charge is -2.08. The highest BCUT2D eigenvalue weighted by Gasteiger charge is 2.10. The van der Waals surface area contributed by atoms with Crippen molar-refractivity contribution in [1.29, 1.82) is 10.5 Å². The van der Waals surface area contributed by atoms with Gasteiger partial charge in [-0.25, -0.2) is 4.39 Å². The first-order valence-electron chi connectivity index (χ1n) is 8.22. The third-order valence-electron chi connectivity index (χ3n) is 3.88. The predicted octanol–water partition coefficient (Wildman–Crippen LogP) is 6.15. The molecule has 0 atom stereocenters. The molecule has 0 amide bonds. The first kappa shape index (κ1) is 19.0. The number of hydrogen-bond acceptors (Lipinski definition) is 4. The fraction of sp³-hybridized carbons (Fsp3) is 0.0909. The van der Waals surface area contributed by atoms with Crippen molar-refractivity contribution in [2.75, 3.05) is 0 Å². The van der Waals surface area contributed by atoms with Crippen molar-refractivity contribution in [1.82, 2.24) is 0 Å². The average molecular weight is 391 g/mol. The lowest BCUT2D eigenvalue weighted by atomic mass is 10.2. The summed E-state index contributed by atoms with van der Waals surface area (Å²) in [6.07, 6.45) is 0. The fourth-order valence-corrected chi connectivity index (χ4v) is 4.30. The molecule has 27 heavy (non-hydrogen) atoms. The standard InChI is InChI=1S/C22H15FN2S2/c23-22-20(26-14-18-8-4-16(12-24)5-9-18)2-1-3-21(22)27-15-19-10-6-17(13-25)7-11-19/h1-11H,14-15H2. The van der Waals surface area contributed by atoms with Crippen LogP contribution < -0.4 is 0 Å². The van der Waals surface area contributed by atoms with Gasteiger partial charge in [-0.2, -0.15) is 10.5 Å². The summed E-state index contributed by atoms with van der Waals surface area (Å²) in [6.45, 7) is 0. The number of hydrogen-bond donors (Lipinski definition) is 0. The van der Waals surface area contributed by atoms with Crippen LogP contribution in [0.4, 0.5) is 4.39 Å². The van der Waals surface area contributed by atoms with E-state index in [0.717, 1.165) is 11.1 Å². The molecule has 0 unspecified atom stereocenters. The average Bonchev–Trinajstić information content (AvgIpc) is 2.73. The van der Waals surface area contributed by atoms with Gasteiger partial charge >= 0.3 is 0 Å². The van der Waals surface area contributed by atoms with Crippen molar-refractivity contribution < 1.29 is 4.39 Å². The topological polar surface area (TPSA) is 47.6 Å². The molecule has 0 N–H and O–H groups in total. The van der Waals surface area contributed by atoms with Gasteiger partial charge in [0.2, 0.25) is 0 Å². The predicted molar refractivity (Wildman–Crippen MR) is 108 cm³/mol. The molecule has 0 aliphatic heterocycles. The monoisotopic (exact) mass is 390 g/mol. The Morgan fingerprint density at radius 1 is 0.667 bits per heavy atom. The van der Waals surface area contributed by atoms with Crippen molar-refractivity contribution in [2.45, 2.75) is 21.3 Å². The van der Waals surface area contributed by atoms with E-state index in [0.29, 0.717) is 32.4 Å². The Morgan fingerprint density at radius 3 is 1.44 bits per heavy atom. The molecular formula is C22H15FN2S2. The van der Waals surface area contributed by atoms with E-state index in [1.807, 2.05) is 30.3 Å². The van der Waals surface area contributed by atoms with Gasteiger partial charge in [-0.15, -0.1) is 23.5 Å². The van der Waals surface area contributed by atoms with E-state index in [4.69, 9.17) is 10.5 Å². The minimum absolute atomic E-state index is 0.199. The summed E-state index contributed by atoms with van der Waals surface area (Å²) in [4.78, 5) is 1.23. The van der Waals surface area contributed by atoms with Crippen molar-refractivity contribution in [2.24, 2.45) is 0 Å². The molecule has 3 rings (SSSR count). The molecule has 0 spiro atoms. The van der Waals surface area contributed by atoms with Gasteiger partial charge in [0.15, 0.2) is 0 Å². The minimum Gasteiger partial charge on any atom is -0.205 e. The maximum Gasteiger partial charge on any atom is 0.150 e. The lowest BCUT2D eigenvalue weighted by molar-refractivity contribution is 0.575. The molecule has 5 heteroatoms. The Morgan fingerprint density at radius 2 is 1.07 bits per heavy atom. The molecule has 0 radical (unpaired) electrons. The van der Waals surface area contributed by atoms with Gasteiger partial charge in [-0.1, -0.05) is 30.3 Å². The normalized spacial score (nSPS) is 10.2. The van der Waals surface area contributed by atoms with E-state index in [9.17, 15) is 4.39 Å². The van der Waals surface area contributed by atoms with Crippen LogP contribution >= 0.6 is 23.5 Å². The molecule has 132 valence electrons. The van der Waals surface area contributed by atoms with Crippen molar-refractivity contribution >= 4 is 23.5 Å². The summed E-state index contributed by atoms with van der Waals surface area (Å²) in [5, 5.41) is 17.7. The quantitative estimate of drug-likeness (QED) is 0.473. The van der Waals surface area contributed by atoms with Crippen LogP contribution in [0.15, 0.2) is 76.5 Å². The molecule has 0 aliphatic carbocycles. The maximum absolute atomic E-state index is 14.8. The maximum atomic E-state index is 14.8. The zero-order chi connectivity index (χ0) is 19.1. The molecule has 3 aromatic carbocycles. The summed E-state index contributed by atoms with van der Waals surface area (Å²) in [7, 11) is 0. The van der Waals surface area contributed by atoms with E-state index < -0.39 is 0 Å². The zero-order valence-corrected chi connectivity index (χ0v) is 16.0. The first-order chi connectivity index (χ1) is 13.2. The Kier molecular flexibility index (Phi) is 6.54. The SMILES string of the molecule is N#Cc1ccc(CSc2cccc(SCc3ccc(C#N)cc3)c2F)cc1. The molecule has 0 heterocycles. The Hall–Kier alpha value is -2.73. The van der Waals surface area contributed by atoms with Gasteiger partial charge in [-0.3, -0.25) is 0 Å². The van der Waals surface area contributed by atoms with Crippen LogP contribution in [-0.4, -0.2) is 0 Å². The van der Waals surface area contributed by atoms with Crippen LogP contribution in [0.5, 0.6) is 0 Å². The van der Waals surface area contributed by atoms with Crippen LogP contribution in [0.1, 0.15) is 22.3 Å². The Labute approximate surface area is 166 Å². The molecule has 2 nitrogen and oxygen atoms in total. The van der Waals surface area contributed by atoms with E-state index in [1.165, 1.54) is 23.5 Å². The van der Waals surface area contributed by atoms with Gasteiger partial charge in [0, 0.05) is 21.3 Å². The summed E-state index contributed by atoms with van der Waals surface area (Å²) in [5.74, 6) is 1.09. The van der Waals surface area contributed by atoms with Gasteiger partial charge in [0.05, 0.1) is 23.3 Å². The molecule has 0 aromatic heterocycles. The third kappa shape index (κ3) is 5.14. The second-order valence-electron chi connectivity index (χ2n) is 5.76. The molecule has 3 aromatic rings. The van der Waals surface area contributed by atoms with Crippen molar-refractivity contribution in [3.63, 3.8) is 0 Å². The van der Waals surface area contributed by atoms with E-state index in [2.05, 4.69) is 12.1 Å². The highest BCUT2D eigenvalue weighted by molar-refractivity contribution is 7.99. The molecule has 0 fully saturated rings. The Balaban J connectivity index is 1.64. The minimum atomic E-state index is -0.199. The van der Waals surface area contributed by atoms with Gasteiger partial charge < -0.3 is 0 Å². The zero-order valence-electron chi connectivity index (χ0n) is 14.4. The second-order valence-corrected chi connectivity index (χ2v) is 7.80. The number of benzene rings is 3. The van der Waals surface area contributed by atoms with Crippen LogP contribution in [0.3, 0.4) is 0 Å².